The van der Waals surface area contributed by atoms with Gasteiger partial charge in [0.2, 0.25) is 0 Å². The van der Waals surface area contributed by atoms with Gasteiger partial charge in [0.25, 0.3) is 0 Å². The molecule has 0 spiro atoms. The van der Waals surface area contributed by atoms with Crippen molar-refractivity contribution in [3.05, 3.63) is 34.9 Å². The summed E-state index contributed by atoms with van der Waals surface area (Å²) in [5.41, 5.74) is 3.41. The SMILES string of the molecule is Cc1ccc(C)c(CC2(O)CCCC(C)C2C)c1. The number of hydrogen-bond donors (Lipinski definition) is 1. The zero-order chi connectivity index (χ0) is 13.3. The Morgan fingerprint density at radius 2 is 2.00 bits per heavy atom. The van der Waals surface area contributed by atoms with Crippen LogP contribution in [0.15, 0.2) is 18.2 Å². The largest absolute Gasteiger partial charge is 0.389 e. The lowest BCUT2D eigenvalue weighted by Gasteiger charge is -2.42. The Kier molecular flexibility index (Phi) is 3.82. The summed E-state index contributed by atoms with van der Waals surface area (Å²) in [5.74, 6) is 1.03. The fourth-order valence-corrected chi connectivity index (χ4v) is 3.31. The van der Waals surface area contributed by atoms with E-state index in [1.165, 1.54) is 23.1 Å². The number of aryl methyl sites for hydroxylation is 2. The van der Waals surface area contributed by atoms with Crippen LogP contribution in [0.4, 0.5) is 0 Å². The zero-order valence-electron chi connectivity index (χ0n) is 12.2. The van der Waals surface area contributed by atoms with Gasteiger partial charge in [0, 0.05) is 6.42 Å². The lowest BCUT2D eigenvalue weighted by Crippen LogP contribution is -2.44. The first-order valence-corrected chi connectivity index (χ1v) is 7.21. The molecule has 0 radical (unpaired) electrons. The van der Waals surface area contributed by atoms with Gasteiger partial charge in [-0.2, -0.15) is 0 Å². The summed E-state index contributed by atoms with van der Waals surface area (Å²) in [6.07, 6.45) is 4.18. The summed E-state index contributed by atoms with van der Waals surface area (Å²) in [6.45, 7) is 8.77. The molecule has 0 saturated heterocycles. The molecular weight excluding hydrogens is 220 g/mol. The quantitative estimate of drug-likeness (QED) is 0.835. The van der Waals surface area contributed by atoms with Crippen LogP contribution < -0.4 is 0 Å². The van der Waals surface area contributed by atoms with E-state index in [2.05, 4.69) is 45.9 Å². The Balaban J connectivity index is 2.23. The summed E-state index contributed by atoms with van der Waals surface area (Å²) < 4.78 is 0. The molecule has 1 nitrogen and oxygen atoms in total. The maximum atomic E-state index is 11.0. The van der Waals surface area contributed by atoms with Crippen molar-refractivity contribution >= 4 is 0 Å². The molecule has 18 heavy (non-hydrogen) atoms. The van der Waals surface area contributed by atoms with Gasteiger partial charge in [-0.3, -0.25) is 0 Å². The van der Waals surface area contributed by atoms with E-state index in [1.807, 2.05) is 0 Å². The molecule has 2 rings (SSSR count). The standard InChI is InChI=1S/C17H26O/c1-12-7-8-14(3)16(10-12)11-17(18)9-5-6-13(2)15(17)4/h7-8,10,13,15,18H,5-6,9,11H2,1-4H3. The maximum absolute atomic E-state index is 11.0. The minimum absolute atomic E-state index is 0.395. The summed E-state index contributed by atoms with van der Waals surface area (Å²) in [6, 6.07) is 6.56. The fourth-order valence-electron chi connectivity index (χ4n) is 3.31. The van der Waals surface area contributed by atoms with Crippen LogP contribution in [0.5, 0.6) is 0 Å². The molecule has 3 atom stereocenters. The van der Waals surface area contributed by atoms with E-state index in [0.717, 1.165) is 19.3 Å². The van der Waals surface area contributed by atoms with Crippen LogP contribution in [-0.2, 0) is 6.42 Å². The second-order valence-corrected chi connectivity index (χ2v) is 6.37. The summed E-state index contributed by atoms with van der Waals surface area (Å²) in [7, 11) is 0. The van der Waals surface area contributed by atoms with Gasteiger partial charge >= 0.3 is 0 Å². The maximum Gasteiger partial charge on any atom is 0.0715 e. The van der Waals surface area contributed by atoms with Crippen LogP contribution in [0, 0.1) is 25.7 Å². The predicted molar refractivity (Wildman–Crippen MR) is 76.7 cm³/mol. The van der Waals surface area contributed by atoms with Crippen molar-refractivity contribution in [2.75, 3.05) is 0 Å². The molecule has 0 amide bonds. The summed E-state index contributed by atoms with van der Waals surface area (Å²) in [4.78, 5) is 0. The second-order valence-electron chi connectivity index (χ2n) is 6.37. The topological polar surface area (TPSA) is 20.2 Å². The van der Waals surface area contributed by atoms with E-state index in [-0.39, 0.29) is 0 Å². The molecule has 1 N–H and O–H groups in total. The van der Waals surface area contributed by atoms with Crippen LogP contribution in [-0.4, -0.2) is 10.7 Å². The molecule has 1 aromatic rings. The third-order valence-corrected chi connectivity index (χ3v) is 4.97. The number of rotatable bonds is 2. The van der Waals surface area contributed by atoms with Crippen molar-refractivity contribution in [2.24, 2.45) is 11.8 Å². The summed E-state index contributed by atoms with van der Waals surface area (Å²) in [5, 5.41) is 11.0. The Hall–Kier alpha value is -0.820. The van der Waals surface area contributed by atoms with E-state index in [4.69, 9.17) is 0 Å². The van der Waals surface area contributed by atoms with Crippen LogP contribution in [0.3, 0.4) is 0 Å². The van der Waals surface area contributed by atoms with Crippen molar-refractivity contribution < 1.29 is 5.11 Å². The Morgan fingerprint density at radius 3 is 2.72 bits per heavy atom. The number of benzene rings is 1. The van der Waals surface area contributed by atoms with Crippen LogP contribution in [0.25, 0.3) is 0 Å². The van der Waals surface area contributed by atoms with Gasteiger partial charge in [0.1, 0.15) is 0 Å². The molecule has 1 aliphatic rings. The van der Waals surface area contributed by atoms with E-state index in [0.29, 0.717) is 11.8 Å². The predicted octanol–water partition coefficient (Wildman–Crippen LogP) is 4.03. The lowest BCUT2D eigenvalue weighted by atomic mass is 9.68. The first-order chi connectivity index (χ1) is 8.42. The fraction of sp³-hybridized carbons (Fsp3) is 0.647. The van der Waals surface area contributed by atoms with E-state index in [1.54, 1.807) is 0 Å². The smallest absolute Gasteiger partial charge is 0.0715 e. The Labute approximate surface area is 111 Å². The minimum Gasteiger partial charge on any atom is -0.389 e. The van der Waals surface area contributed by atoms with Crippen molar-refractivity contribution in [3.63, 3.8) is 0 Å². The monoisotopic (exact) mass is 246 g/mol. The molecule has 0 bridgehead atoms. The second kappa shape index (κ2) is 5.05. The van der Waals surface area contributed by atoms with Crippen molar-refractivity contribution in [3.8, 4) is 0 Å². The van der Waals surface area contributed by atoms with E-state index in [9.17, 15) is 5.11 Å². The highest BCUT2D eigenvalue weighted by atomic mass is 16.3. The molecule has 1 fully saturated rings. The average molecular weight is 246 g/mol. The van der Waals surface area contributed by atoms with Gasteiger partial charge < -0.3 is 5.11 Å². The highest BCUT2D eigenvalue weighted by Crippen LogP contribution is 2.40. The Morgan fingerprint density at radius 1 is 1.28 bits per heavy atom. The normalized spacial score (nSPS) is 32.5. The third kappa shape index (κ3) is 2.61. The summed E-state index contributed by atoms with van der Waals surface area (Å²) >= 11 is 0. The molecule has 0 aliphatic heterocycles. The van der Waals surface area contributed by atoms with Gasteiger partial charge in [0.05, 0.1) is 5.60 Å². The van der Waals surface area contributed by atoms with Crippen molar-refractivity contribution in [1.82, 2.24) is 0 Å². The van der Waals surface area contributed by atoms with Crippen molar-refractivity contribution in [1.29, 1.82) is 0 Å². The molecule has 1 heteroatoms. The van der Waals surface area contributed by atoms with Crippen LogP contribution in [0.1, 0.15) is 49.8 Å². The highest BCUT2D eigenvalue weighted by molar-refractivity contribution is 5.32. The first kappa shape index (κ1) is 13.6. The molecule has 3 unspecified atom stereocenters. The van der Waals surface area contributed by atoms with Gasteiger partial charge in [-0.15, -0.1) is 0 Å². The number of aliphatic hydroxyl groups is 1. The lowest BCUT2D eigenvalue weighted by molar-refractivity contribution is -0.0621. The molecule has 100 valence electrons. The van der Waals surface area contributed by atoms with Gasteiger partial charge in [-0.05, 0) is 43.2 Å². The van der Waals surface area contributed by atoms with E-state index >= 15 is 0 Å². The molecular formula is C17H26O. The highest BCUT2D eigenvalue weighted by Gasteiger charge is 2.39. The first-order valence-electron chi connectivity index (χ1n) is 7.21. The van der Waals surface area contributed by atoms with Gasteiger partial charge in [-0.1, -0.05) is 50.5 Å². The van der Waals surface area contributed by atoms with Crippen molar-refractivity contribution in [2.45, 2.75) is 59.0 Å². The molecule has 0 aromatic heterocycles. The van der Waals surface area contributed by atoms with Crippen LogP contribution in [0.2, 0.25) is 0 Å². The molecule has 1 saturated carbocycles. The molecule has 1 aromatic carbocycles. The van der Waals surface area contributed by atoms with Gasteiger partial charge in [0.15, 0.2) is 0 Å². The van der Waals surface area contributed by atoms with E-state index < -0.39 is 5.60 Å². The number of hydrogen-bond acceptors (Lipinski definition) is 1. The average Bonchev–Trinajstić information content (AvgIpc) is 2.31. The third-order valence-electron chi connectivity index (χ3n) is 4.97. The molecule has 1 aliphatic carbocycles. The minimum atomic E-state index is -0.504. The zero-order valence-corrected chi connectivity index (χ0v) is 12.2. The van der Waals surface area contributed by atoms with Crippen LogP contribution >= 0.6 is 0 Å². The molecule has 0 heterocycles. The van der Waals surface area contributed by atoms with Gasteiger partial charge in [-0.25, -0.2) is 0 Å². The Bertz CT molecular complexity index is 424.